The zero-order valence-corrected chi connectivity index (χ0v) is 13.5. The fourth-order valence-corrected chi connectivity index (χ4v) is 3.27. The van der Waals surface area contributed by atoms with Gasteiger partial charge in [-0.05, 0) is 48.1 Å². The van der Waals surface area contributed by atoms with E-state index >= 15 is 0 Å². The number of aromatic amines is 1. The third-order valence-electron chi connectivity index (χ3n) is 3.48. The number of esters is 1. The summed E-state index contributed by atoms with van der Waals surface area (Å²) in [6.45, 7) is 0.442. The largest absolute Gasteiger partial charge is 0.465 e. The van der Waals surface area contributed by atoms with E-state index in [1.807, 2.05) is 41.9 Å². The van der Waals surface area contributed by atoms with Crippen LogP contribution in [0.15, 0.2) is 41.9 Å². The molecule has 0 unspecified atom stereocenters. The van der Waals surface area contributed by atoms with Gasteiger partial charge in [0, 0.05) is 27.0 Å². The van der Waals surface area contributed by atoms with Crippen LogP contribution in [0.25, 0.3) is 10.9 Å². The Morgan fingerprint density at radius 2 is 2.23 bits per heavy atom. The monoisotopic (exact) mass is 333 g/mol. The maximum Gasteiger partial charge on any atom is 0.311 e. The lowest BCUT2D eigenvalue weighted by molar-refractivity contribution is -0.142. The summed E-state index contributed by atoms with van der Waals surface area (Å²) in [7, 11) is 0. The number of halogens is 1. The Bertz CT molecular complexity index is 764. The average molecular weight is 334 g/mol. The first-order chi connectivity index (χ1) is 10.7. The van der Waals surface area contributed by atoms with Crippen molar-refractivity contribution in [2.24, 2.45) is 0 Å². The van der Waals surface area contributed by atoms with E-state index in [0.717, 1.165) is 33.6 Å². The SMILES string of the molecule is O=C(Cc1cccs1)OCCCc1c[nH]c2ccc(Cl)cc12. The van der Waals surface area contributed by atoms with Gasteiger partial charge in [0.15, 0.2) is 0 Å². The summed E-state index contributed by atoms with van der Waals surface area (Å²) in [6, 6.07) is 9.70. The van der Waals surface area contributed by atoms with E-state index in [9.17, 15) is 4.79 Å². The number of carbonyl (C=O) groups excluding carboxylic acids is 1. The summed E-state index contributed by atoms with van der Waals surface area (Å²) in [4.78, 5) is 16.0. The van der Waals surface area contributed by atoms with Crippen molar-refractivity contribution in [3.8, 4) is 0 Å². The summed E-state index contributed by atoms with van der Waals surface area (Å²) in [5.41, 5.74) is 2.28. The van der Waals surface area contributed by atoms with Gasteiger partial charge in [-0.2, -0.15) is 0 Å². The minimum absolute atomic E-state index is 0.163. The van der Waals surface area contributed by atoms with Crippen LogP contribution in [-0.2, 0) is 22.4 Å². The molecule has 0 bridgehead atoms. The summed E-state index contributed by atoms with van der Waals surface area (Å²) in [5.74, 6) is -0.163. The predicted octanol–water partition coefficient (Wildman–Crippen LogP) is 4.60. The molecule has 1 aromatic carbocycles. The third kappa shape index (κ3) is 3.70. The second-order valence-electron chi connectivity index (χ2n) is 5.08. The van der Waals surface area contributed by atoms with E-state index in [-0.39, 0.29) is 5.97 Å². The van der Waals surface area contributed by atoms with E-state index in [0.29, 0.717) is 13.0 Å². The maximum absolute atomic E-state index is 11.7. The number of carbonyl (C=O) groups is 1. The molecule has 0 saturated heterocycles. The van der Waals surface area contributed by atoms with Crippen molar-refractivity contribution < 1.29 is 9.53 Å². The summed E-state index contributed by atoms with van der Waals surface area (Å²) in [5, 5.41) is 3.83. The molecule has 0 amide bonds. The molecule has 1 N–H and O–H groups in total. The third-order valence-corrected chi connectivity index (χ3v) is 4.59. The molecule has 0 aliphatic heterocycles. The first kappa shape index (κ1) is 15.1. The van der Waals surface area contributed by atoms with Gasteiger partial charge in [0.05, 0.1) is 13.0 Å². The quantitative estimate of drug-likeness (QED) is 0.529. The summed E-state index contributed by atoms with van der Waals surface area (Å²) < 4.78 is 5.28. The number of aryl methyl sites for hydroxylation is 1. The van der Waals surface area contributed by atoms with Crippen LogP contribution in [0.3, 0.4) is 0 Å². The van der Waals surface area contributed by atoms with Gasteiger partial charge in [-0.3, -0.25) is 4.79 Å². The topological polar surface area (TPSA) is 42.1 Å². The number of rotatable bonds is 6. The predicted molar refractivity (Wildman–Crippen MR) is 90.6 cm³/mol. The van der Waals surface area contributed by atoms with Crippen LogP contribution >= 0.6 is 22.9 Å². The number of aromatic nitrogens is 1. The Balaban J connectivity index is 1.48. The number of hydrogen-bond donors (Lipinski definition) is 1. The highest BCUT2D eigenvalue weighted by Gasteiger charge is 2.07. The van der Waals surface area contributed by atoms with Gasteiger partial charge in [0.25, 0.3) is 0 Å². The molecule has 2 aromatic heterocycles. The molecular formula is C17H16ClNO2S. The fourth-order valence-electron chi connectivity index (χ4n) is 2.41. The molecule has 5 heteroatoms. The molecule has 3 nitrogen and oxygen atoms in total. The Kier molecular flexibility index (Phi) is 4.80. The van der Waals surface area contributed by atoms with Crippen molar-refractivity contribution in [1.29, 1.82) is 0 Å². The molecule has 0 aliphatic rings. The molecule has 22 heavy (non-hydrogen) atoms. The minimum Gasteiger partial charge on any atom is -0.465 e. The van der Waals surface area contributed by atoms with E-state index in [1.54, 1.807) is 11.3 Å². The molecule has 3 aromatic rings. The van der Waals surface area contributed by atoms with Crippen molar-refractivity contribution in [2.75, 3.05) is 6.61 Å². The summed E-state index contributed by atoms with van der Waals surface area (Å²) >= 11 is 7.61. The number of ether oxygens (including phenoxy) is 1. The number of H-pyrrole nitrogens is 1. The second kappa shape index (κ2) is 6.99. The standard InChI is InChI=1S/C17H16ClNO2S/c18-13-5-6-16-15(9-13)12(11-19-16)3-1-7-21-17(20)10-14-4-2-8-22-14/h2,4-6,8-9,11,19H,1,3,7,10H2. The van der Waals surface area contributed by atoms with Gasteiger partial charge in [-0.1, -0.05) is 17.7 Å². The zero-order valence-electron chi connectivity index (χ0n) is 12.0. The molecule has 0 radical (unpaired) electrons. The van der Waals surface area contributed by atoms with Gasteiger partial charge in [-0.25, -0.2) is 0 Å². The normalized spacial score (nSPS) is 11.0. The van der Waals surface area contributed by atoms with Crippen LogP contribution in [0.1, 0.15) is 16.9 Å². The number of nitrogens with one attached hydrogen (secondary N) is 1. The lowest BCUT2D eigenvalue weighted by Gasteiger charge is -2.04. The Morgan fingerprint density at radius 3 is 3.05 bits per heavy atom. The Hall–Kier alpha value is -1.78. The Morgan fingerprint density at radius 1 is 1.32 bits per heavy atom. The highest BCUT2D eigenvalue weighted by Crippen LogP contribution is 2.23. The average Bonchev–Trinajstić information content (AvgIpc) is 3.13. The first-order valence-electron chi connectivity index (χ1n) is 7.16. The van der Waals surface area contributed by atoms with Crippen molar-refractivity contribution in [3.05, 3.63) is 57.4 Å². The van der Waals surface area contributed by atoms with Crippen LogP contribution in [0.5, 0.6) is 0 Å². The van der Waals surface area contributed by atoms with Crippen molar-refractivity contribution in [1.82, 2.24) is 4.98 Å². The van der Waals surface area contributed by atoms with E-state index in [4.69, 9.17) is 16.3 Å². The second-order valence-corrected chi connectivity index (χ2v) is 6.55. The van der Waals surface area contributed by atoms with Crippen LogP contribution in [0, 0.1) is 0 Å². The van der Waals surface area contributed by atoms with Gasteiger partial charge < -0.3 is 9.72 Å². The first-order valence-corrected chi connectivity index (χ1v) is 8.41. The Labute approximate surface area is 137 Å². The molecule has 0 fully saturated rings. The molecule has 0 spiro atoms. The molecule has 0 aliphatic carbocycles. The van der Waals surface area contributed by atoms with E-state index < -0.39 is 0 Å². The maximum atomic E-state index is 11.7. The fraction of sp³-hybridized carbons (Fsp3) is 0.235. The molecule has 114 valence electrons. The van der Waals surface area contributed by atoms with Gasteiger partial charge in [0.2, 0.25) is 0 Å². The summed E-state index contributed by atoms with van der Waals surface area (Å²) in [6.07, 6.45) is 4.01. The van der Waals surface area contributed by atoms with E-state index in [2.05, 4.69) is 4.98 Å². The van der Waals surface area contributed by atoms with Crippen molar-refractivity contribution >= 4 is 39.8 Å². The molecule has 0 saturated carbocycles. The van der Waals surface area contributed by atoms with Crippen LogP contribution in [0.2, 0.25) is 5.02 Å². The number of fused-ring (bicyclic) bond motifs is 1. The van der Waals surface area contributed by atoms with E-state index in [1.165, 1.54) is 5.56 Å². The van der Waals surface area contributed by atoms with Crippen LogP contribution in [-0.4, -0.2) is 17.6 Å². The van der Waals surface area contributed by atoms with Gasteiger partial charge in [0.1, 0.15) is 0 Å². The minimum atomic E-state index is -0.163. The molecule has 3 rings (SSSR count). The molecular weight excluding hydrogens is 318 g/mol. The lowest BCUT2D eigenvalue weighted by atomic mass is 10.1. The molecule has 0 atom stereocenters. The number of thiophene rings is 1. The van der Waals surface area contributed by atoms with Crippen LogP contribution < -0.4 is 0 Å². The number of hydrogen-bond acceptors (Lipinski definition) is 3. The highest BCUT2D eigenvalue weighted by molar-refractivity contribution is 7.10. The molecule has 2 heterocycles. The zero-order chi connectivity index (χ0) is 15.4. The highest BCUT2D eigenvalue weighted by atomic mass is 35.5. The van der Waals surface area contributed by atoms with Gasteiger partial charge >= 0.3 is 5.97 Å². The van der Waals surface area contributed by atoms with Crippen LogP contribution in [0.4, 0.5) is 0 Å². The lowest BCUT2D eigenvalue weighted by Crippen LogP contribution is -2.08. The van der Waals surface area contributed by atoms with Crippen molar-refractivity contribution in [3.63, 3.8) is 0 Å². The number of benzene rings is 1. The smallest absolute Gasteiger partial charge is 0.311 e. The van der Waals surface area contributed by atoms with Crippen molar-refractivity contribution in [2.45, 2.75) is 19.3 Å². The van der Waals surface area contributed by atoms with Gasteiger partial charge in [-0.15, -0.1) is 11.3 Å².